The summed E-state index contributed by atoms with van der Waals surface area (Å²) >= 11 is 0. The summed E-state index contributed by atoms with van der Waals surface area (Å²) in [5.74, 6) is 1.22. The standard InChI is InChI=1S/C20H13NO4/c22-20-15(11-14-3-1-2-4-18(14)20)12-17-9-10-19(25-17)13-5-7-16(8-6-13)21(23)24/h1-10,12H,11H2/b15-12-. The molecule has 3 aromatic rings. The maximum atomic E-state index is 12.4. The molecule has 0 amide bonds. The van der Waals surface area contributed by atoms with Crippen molar-refractivity contribution in [2.24, 2.45) is 0 Å². The van der Waals surface area contributed by atoms with Crippen molar-refractivity contribution in [2.75, 3.05) is 0 Å². The van der Waals surface area contributed by atoms with Gasteiger partial charge in [-0.3, -0.25) is 14.9 Å². The topological polar surface area (TPSA) is 73.3 Å². The summed E-state index contributed by atoms with van der Waals surface area (Å²) < 4.78 is 5.78. The van der Waals surface area contributed by atoms with E-state index in [1.54, 1.807) is 30.3 Å². The van der Waals surface area contributed by atoms with Crippen LogP contribution >= 0.6 is 0 Å². The van der Waals surface area contributed by atoms with E-state index in [1.165, 1.54) is 12.1 Å². The largest absolute Gasteiger partial charge is 0.457 e. The Hall–Kier alpha value is -3.47. The molecule has 0 spiro atoms. The molecule has 1 heterocycles. The highest BCUT2D eigenvalue weighted by Gasteiger charge is 2.24. The smallest absolute Gasteiger partial charge is 0.269 e. The predicted molar refractivity (Wildman–Crippen MR) is 93.3 cm³/mol. The summed E-state index contributed by atoms with van der Waals surface area (Å²) in [6.07, 6.45) is 2.36. The summed E-state index contributed by atoms with van der Waals surface area (Å²) in [7, 11) is 0. The van der Waals surface area contributed by atoms with Crippen LogP contribution in [0.2, 0.25) is 0 Å². The van der Waals surface area contributed by atoms with E-state index >= 15 is 0 Å². The number of non-ortho nitro benzene ring substituents is 1. The number of hydrogen-bond donors (Lipinski definition) is 0. The van der Waals surface area contributed by atoms with Gasteiger partial charge in [-0.25, -0.2) is 0 Å². The second kappa shape index (κ2) is 5.87. The summed E-state index contributed by atoms with van der Waals surface area (Å²) in [6, 6.07) is 17.3. The number of nitro benzene ring substituents is 1. The van der Waals surface area contributed by atoms with Crippen LogP contribution in [-0.4, -0.2) is 10.7 Å². The molecule has 0 atom stereocenters. The third-order valence-corrected chi connectivity index (χ3v) is 4.24. The first-order valence-electron chi connectivity index (χ1n) is 7.79. The Labute approximate surface area is 143 Å². The third kappa shape index (κ3) is 2.76. The number of ketones is 1. The Morgan fingerprint density at radius 3 is 2.48 bits per heavy atom. The van der Waals surface area contributed by atoms with Crippen LogP contribution in [0.4, 0.5) is 5.69 Å². The van der Waals surface area contributed by atoms with Gasteiger partial charge >= 0.3 is 0 Å². The molecular formula is C20H13NO4. The van der Waals surface area contributed by atoms with E-state index in [2.05, 4.69) is 0 Å². The lowest BCUT2D eigenvalue weighted by Crippen LogP contribution is -1.94. The van der Waals surface area contributed by atoms with Crippen molar-refractivity contribution in [3.05, 3.63) is 93.2 Å². The molecule has 0 radical (unpaired) electrons. The van der Waals surface area contributed by atoms with Gasteiger partial charge in [0.05, 0.1) is 4.92 Å². The first-order chi connectivity index (χ1) is 12.1. The highest BCUT2D eigenvalue weighted by molar-refractivity contribution is 6.15. The molecule has 1 aromatic heterocycles. The van der Waals surface area contributed by atoms with E-state index in [0.29, 0.717) is 23.5 Å². The third-order valence-electron chi connectivity index (χ3n) is 4.24. The SMILES string of the molecule is O=C1/C(=C\c2ccc(-c3ccc([N+](=O)[O-])cc3)o2)Cc2ccccc21. The lowest BCUT2D eigenvalue weighted by Gasteiger charge is -1.97. The van der Waals surface area contributed by atoms with Crippen LogP contribution in [0.3, 0.4) is 0 Å². The molecular weight excluding hydrogens is 318 g/mol. The first-order valence-corrected chi connectivity index (χ1v) is 7.79. The number of carbonyl (C=O) groups is 1. The van der Waals surface area contributed by atoms with Crippen LogP contribution in [0.25, 0.3) is 17.4 Å². The van der Waals surface area contributed by atoms with E-state index in [-0.39, 0.29) is 11.5 Å². The molecule has 0 saturated heterocycles. The monoisotopic (exact) mass is 331 g/mol. The van der Waals surface area contributed by atoms with E-state index in [9.17, 15) is 14.9 Å². The Morgan fingerprint density at radius 2 is 1.76 bits per heavy atom. The molecule has 0 saturated carbocycles. The number of allylic oxidation sites excluding steroid dienone is 1. The molecule has 1 aliphatic carbocycles. The van der Waals surface area contributed by atoms with E-state index < -0.39 is 4.92 Å². The van der Waals surface area contributed by atoms with Gasteiger partial charge in [-0.05, 0) is 35.9 Å². The Morgan fingerprint density at radius 1 is 1.00 bits per heavy atom. The second-order valence-corrected chi connectivity index (χ2v) is 5.84. The summed E-state index contributed by atoms with van der Waals surface area (Å²) in [5, 5.41) is 10.7. The van der Waals surface area contributed by atoms with Gasteiger partial charge in [0.25, 0.3) is 5.69 Å². The van der Waals surface area contributed by atoms with Crippen LogP contribution < -0.4 is 0 Å². The Bertz CT molecular complexity index is 1010. The van der Waals surface area contributed by atoms with Gasteiger partial charge in [0.1, 0.15) is 11.5 Å². The normalized spacial score (nSPS) is 14.7. The molecule has 5 heteroatoms. The van der Waals surface area contributed by atoms with Crippen molar-refractivity contribution in [1.29, 1.82) is 0 Å². The van der Waals surface area contributed by atoms with Crippen molar-refractivity contribution in [1.82, 2.24) is 0 Å². The predicted octanol–water partition coefficient (Wildman–Crippen LogP) is 4.68. The maximum absolute atomic E-state index is 12.4. The fourth-order valence-corrected chi connectivity index (χ4v) is 2.98. The highest BCUT2D eigenvalue weighted by atomic mass is 16.6. The molecule has 2 aromatic carbocycles. The van der Waals surface area contributed by atoms with E-state index in [0.717, 1.165) is 16.7 Å². The maximum Gasteiger partial charge on any atom is 0.269 e. The van der Waals surface area contributed by atoms with Crippen LogP contribution in [0.1, 0.15) is 21.7 Å². The summed E-state index contributed by atoms with van der Waals surface area (Å²) in [5.41, 5.74) is 3.26. The average Bonchev–Trinajstić information content (AvgIpc) is 3.21. The lowest BCUT2D eigenvalue weighted by molar-refractivity contribution is -0.384. The summed E-state index contributed by atoms with van der Waals surface area (Å²) in [4.78, 5) is 22.7. The van der Waals surface area contributed by atoms with Gasteiger partial charge in [-0.2, -0.15) is 0 Å². The fourth-order valence-electron chi connectivity index (χ4n) is 2.98. The number of nitro groups is 1. The number of furan rings is 1. The molecule has 0 aliphatic heterocycles. The first kappa shape index (κ1) is 15.1. The minimum Gasteiger partial charge on any atom is -0.457 e. The number of Topliss-reactive ketones (excluding diaryl/α,β-unsaturated/α-hetero) is 1. The van der Waals surface area contributed by atoms with Gasteiger partial charge in [-0.15, -0.1) is 0 Å². The molecule has 0 bridgehead atoms. The number of fused-ring (bicyclic) bond motifs is 1. The van der Waals surface area contributed by atoms with Gasteiger partial charge in [0.2, 0.25) is 0 Å². The highest BCUT2D eigenvalue weighted by Crippen LogP contribution is 2.30. The number of benzene rings is 2. The van der Waals surface area contributed by atoms with Crippen molar-refractivity contribution >= 4 is 17.5 Å². The van der Waals surface area contributed by atoms with Crippen molar-refractivity contribution in [2.45, 2.75) is 6.42 Å². The molecule has 0 unspecified atom stereocenters. The molecule has 1 aliphatic rings. The molecule has 5 nitrogen and oxygen atoms in total. The zero-order valence-corrected chi connectivity index (χ0v) is 13.1. The number of rotatable bonds is 3. The Balaban J connectivity index is 1.60. The number of hydrogen-bond acceptors (Lipinski definition) is 4. The molecule has 0 N–H and O–H groups in total. The average molecular weight is 331 g/mol. The van der Waals surface area contributed by atoms with Gasteiger partial charge < -0.3 is 4.42 Å². The molecule has 122 valence electrons. The zero-order valence-electron chi connectivity index (χ0n) is 13.1. The summed E-state index contributed by atoms with van der Waals surface area (Å²) in [6.45, 7) is 0. The van der Waals surface area contributed by atoms with Gasteiger partial charge in [0.15, 0.2) is 5.78 Å². The van der Waals surface area contributed by atoms with Crippen molar-refractivity contribution < 1.29 is 14.1 Å². The molecule has 4 rings (SSSR count). The quantitative estimate of drug-likeness (QED) is 0.397. The van der Waals surface area contributed by atoms with Crippen LogP contribution in [0.15, 0.2) is 70.7 Å². The second-order valence-electron chi connectivity index (χ2n) is 5.84. The fraction of sp³-hybridized carbons (Fsp3) is 0.0500. The number of nitrogens with zero attached hydrogens (tertiary/aromatic N) is 1. The van der Waals surface area contributed by atoms with Crippen molar-refractivity contribution in [3.63, 3.8) is 0 Å². The minimum absolute atomic E-state index is 0.0314. The van der Waals surface area contributed by atoms with Gasteiger partial charge in [0, 0.05) is 35.3 Å². The van der Waals surface area contributed by atoms with Gasteiger partial charge in [-0.1, -0.05) is 24.3 Å². The lowest BCUT2D eigenvalue weighted by atomic mass is 10.1. The van der Waals surface area contributed by atoms with E-state index in [1.807, 2.05) is 24.3 Å². The zero-order chi connectivity index (χ0) is 17.4. The van der Waals surface area contributed by atoms with Crippen LogP contribution in [-0.2, 0) is 6.42 Å². The minimum atomic E-state index is -0.439. The van der Waals surface area contributed by atoms with Crippen LogP contribution in [0.5, 0.6) is 0 Å². The van der Waals surface area contributed by atoms with E-state index in [4.69, 9.17) is 4.42 Å². The van der Waals surface area contributed by atoms with Crippen molar-refractivity contribution in [3.8, 4) is 11.3 Å². The molecule has 0 fully saturated rings. The number of carbonyl (C=O) groups excluding carboxylic acids is 1. The van der Waals surface area contributed by atoms with Crippen LogP contribution in [0, 0.1) is 10.1 Å². The molecule has 25 heavy (non-hydrogen) atoms. The Kier molecular flexibility index (Phi) is 3.54.